The smallest absolute Gasteiger partial charge is 0.418 e. The maximum absolute atomic E-state index is 13.6. The van der Waals surface area contributed by atoms with Crippen molar-refractivity contribution in [3.05, 3.63) is 71.7 Å². The SMILES string of the molecule is COc1cc(/C=C/C(=O)Nc2ccc(NC(=O)c3ccco3)cc2C(F)(F)F)cc2c1OCCO2. The molecule has 0 unspecified atom stereocenters. The van der Waals surface area contributed by atoms with Crippen molar-refractivity contribution in [2.45, 2.75) is 6.18 Å². The van der Waals surface area contributed by atoms with Gasteiger partial charge in [0, 0.05) is 11.8 Å². The van der Waals surface area contributed by atoms with Crippen LogP contribution in [-0.2, 0) is 11.0 Å². The van der Waals surface area contributed by atoms with Crippen molar-refractivity contribution in [1.82, 2.24) is 0 Å². The number of methoxy groups -OCH3 is 1. The normalized spacial score (nSPS) is 12.9. The van der Waals surface area contributed by atoms with Gasteiger partial charge in [0.1, 0.15) is 13.2 Å². The first-order valence-electron chi connectivity index (χ1n) is 10.3. The van der Waals surface area contributed by atoms with E-state index in [0.29, 0.717) is 36.0 Å². The Morgan fingerprint density at radius 2 is 1.86 bits per heavy atom. The molecule has 2 heterocycles. The number of alkyl halides is 3. The minimum atomic E-state index is -4.79. The highest BCUT2D eigenvalue weighted by Gasteiger charge is 2.34. The maximum Gasteiger partial charge on any atom is 0.418 e. The maximum atomic E-state index is 13.6. The quantitative estimate of drug-likeness (QED) is 0.475. The van der Waals surface area contributed by atoms with Gasteiger partial charge in [0.25, 0.3) is 5.91 Å². The third-order valence-electron chi connectivity index (χ3n) is 4.86. The minimum Gasteiger partial charge on any atom is -0.493 e. The van der Waals surface area contributed by atoms with Gasteiger partial charge < -0.3 is 29.3 Å². The van der Waals surface area contributed by atoms with Gasteiger partial charge in [-0.1, -0.05) is 0 Å². The van der Waals surface area contributed by atoms with E-state index in [9.17, 15) is 22.8 Å². The van der Waals surface area contributed by atoms with E-state index in [2.05, 4.69) is 10.6 Å². The van der Waals surface area contributed by atoms with Crippen LogP contribution in [0.15, 0.2) is 59.2 Å². The Hall–Kier alpha value is -4.41. The molecular formula is C24H19F3N2O6. The first kappa shape index (κ1) is 23.7. The number of carbonyl (C=O) groups excluding carboxylic acids is 2. The molecule has 35 heavy (non-hydrogen) atoms. The summed E-state index contributed by atoms with van der Waals surface area (Å²) in [5.74, 6) is -0.295. The fourth-order valence-electron chi connectivity index (χ4n) is 3.30. The van der Waals surface area contributed by atoms with Crippen LogP contribution in [0.3, 0.4) is 0 Å². The number of amides is 2. The molecule has 1 aliphatic rings. The Bertz CT molecular complexity index is 1250. The van der Waals surface area contributed by atoms with Gasteiger partial charge in [-0.15, -0.1) is 0 Å². The Labute approximate surface area is 197 Å². The minimum absolute atomic E-state index is 0.0585. The Morgan fingerprint density at radius 1 is 1.06 bits per heavy atom. The second kappa shape index (κ2) is 9.84. The Morgan fingerprint density at radius 3 is 2.57 bits per heavy atom. The van der Waals surface area contributed by atoms with Gasteiger partial charge in [-0.05, 0) is 54.1 Å². The van der Waals surface area contributed by atoms with E-state index in [0.717, 1.165) is 18.2 Å². The lowest BCUT2D eigenvalue weighted by Gasteiger charge is -2.20. The average Bonchev–Trinajstić information content (AvgIpc) is 3.38. The van der Waals surface area contributed by atoms with Crippen molar-refractivity contribution in [2.75, 3.05) is 31.0 Å². The summed E-state index contributed by atoms with van der Waals surface area (Å²) in [7, 11) is 1.45. The van der Waals surface area contributed by atoms with Gasteiger partial charge in [0.15, 0.2) is 17.3 Å². The molecule has 3 aromatic rings. The van der Waals surface area contributed by atoms with E-state index < -0.39 is 29.2 Å². The van der Waals surface area contributed by atoms with Gasteiger partial charge in [0.2, 0.25) is 11.7 Å². The zero-order valence-electron chi connectivity index (χ0n) is 18.3. The number of carbonyl (C=O) groups is 2. The molecule has 8 nitrogen and oxygen atoms in total. The molecule has 0 aliphatic carbocycles. The Kier molecular flexibility index (Phi) is 6.67. The van der Waals surface area contributed by atoms with Crippen LogP contribution in [0.1, 0.15) is 21.7 Å². The number of hydrogen-bond donors (Lipinski definition) is 2. The third-order valence-corrected chi connectivity index (χ3v) is 4.86. The highest BCUT2D eigenvalue weighted by atomic mass is 19.4. The number of furan rings is 1. The summed E-state index contributed by atoms with van der Waals surface area (Å²) < 4.78 is 62.2. The van der Waals surface area contributed by atoms with E-state index in [1.807, 2.05) is 0 Å². The fourth-order valence-corrected chi connectivity index (χ4v) is 3.30. The monoisotopic (exact) mass is 488 g/mol. The molecule has 2 aromatic carbocycles. The number of anilines is 2. The van der Waals surface area contributed by atoms with Gasteiger partial charge >= 0.3 is 6.18 Å². The van der Waals surface area contributed by atoms with Crippen molar-refractivity contribution >= 4 is 29.3 Å². The van der Waals surface area contributed by atoms with Gasteiger partial charge in [-0.25, -0.2) is 0 Å². The molecule has 2 amide bonds. The van der Waals surface area contributed by atoms with E-state index in [4.69, 9.17) is 18.6 Å². The van der Waals surface area contributed by atoms with Crippen molar-refractivity contribution < 1.29 is 41.4 Å². The molecular weight excluding hydrogens is 469 g/mol. The van der Waals surface area contributed by atoms with E-state index >= 15 is 0 Å². The first-order valence-corrected chi connectivity index (χ1v) is 10.3. The number of halogens is 3. The Balaban J connectivity index is 1.51. The number of hydrogen-bond acceptors (Lipinski definition) is 6. The van der Waals surface area contributed by atoms with Gasteiger partial charge in [-0.3, -0.25) is 9.59 Å². The average molecular weight is 488 g/mol. The fraction of sp³-hybridized carbons (Fsp3) is 0.167. The summed E-state index contributed by atoms with van der Waals surface area (Å²) in [4.78, 5) is 24.5. The molecule has 4 rings (SSSR count). The molecule has 11 heteroatoms. The van der Waals surface area contributed by atoms with Crippen LogP contribution in [0.2, 0.25) is 0 Å². The van der Waals surface area contributed by atoms with Crippen molar-refractivity contribution in [1.29, 1.82) is 0 Å². The topological polar surface area (TPSA) is 99.0 Å². The second-order valence-electron chi connectivity index (χ2n) is 7.26. The lowest BCUT2D eigenvalue weighted by molar-refractivity contribution is -0.136. The number of rotatable bonds is 6. The molecule has 0 saturated heterocycles. The zero-order chi connectivity index (χ0) is 25.0. The number of nitrogens with one attached hydrogen (secondary N) is 2. The molecule has 1 aromatic heterocycles. The number of ether oxygens (including phenoxy) is 3. The first-order chi connectivity index (χ1) is 16.7. The summed E-state index contributed by atoms with van der Waals surface area (Å²) >= 11 is 0. The molecule has 182 valence electrons. The van der Waals surface area contributed by atoms with Gasteiger partial charge in [0.05, 0.1) is 24.6 Å². The molecule has 2 N–H and O–H groups in total. The molecule has 0 radical (unpaired) electrons. The summed E-state index contributed by atoms with van der Waals surface area (Å²) in [6, 6.07) is 9.10. The predicted molar refractivity (Wildman–Crippen MR) is 120 cm³/mol. The van der Waals surface area contributed by atoms with Crippen LogP contribution < -0.4 is 24.8 Å². The molecule has 0 spiro atoms. The number of fused-ring (bicyclic) bond motifs is 1. The predicted octanol–water partition coefficient (Wildman–Crippen LogP) is 4.98. The summed E-state index contributed by atoms with van der Waals surface area (Å²) in [5, 5.41) is 4.55. The highest BCUT2D eigenvalue weighted by molar-refractivity contribution is 6.04. The van der Waals surface area contributed by atoms with Crippen LogP contribution in [0.4, 0.5) is 24.5 Å². The molecule has 1 aliphatic heterocycles. The van der Waals surface area contributed by atoms with Crippen LogP contribution in [0, 0.1) is 0 Å². The zero-order valence-corrected chi connectivity index (χ0v) is 18.3. The molecule has 0 atom stereocenters. The highest BCUT2D eigenvalue weighted by Crippen LogP contribution is 2.41. The van der Waals surface area contributed by atoms with Crippen molar-refractivity contribution in [2.24, 2.45) is 0 Å². The standard InChI is InChI=1S/C24H19F3N2O6/c1-32-19-11-14(12-20-22(19)35-10-9-34-20)4-7-21(30)29-17-6-5-15(13-16(17)24(25,26)27)28-23(31)18-3-2-8-33-18/h2-8,11-13H,9-10H2,1H3,(H,28,31)(H,29,30)/b7-4+. The van der Waals surface area contributed by atoms with Crippen LogP contribution >= 0.6 is 0 Å². The summed E-state index contributed by atoms with van der Waals surface area (Å²) in [6.07, 6.45) is -1.04. The molecule has 0 bridgehead atoms. The number of benzene rings is 2. The molecule has 0 saturated carbocycles. The second-order valence-corrected chi connectivity index (χ2v) is 7.26. The van der Waals surface area contributed by atoms with Gasteiger partial charge in [-0.2, -0.15) is 13.2 Å². The van der Waals surface area contributed by atoms with E-state index in [-0.39, 0.29) is 11.4 Å². The lowest BCUT2D eigenvalue weighted by atomic mass is 10.1. The van der Waals surface area contributed by atoms with E-state index in [1.54, 1.807) is 12.1 Å². The van der Waals surface area contributed by atoms with Crippen LogP contribution in [0.5, 0.6) is 17.2 Å². The summed E-state index contributed by atoms with van der Waals surface area (Å²) in [5.41, 5.74) is -1.19. The lowest BCUT2D eigenvalue weighted by Crippen LogP contribution is -2.17. The van der Waals surface area contributed by atoms with Crippen molar-refractivity contribution in [3.8, 4) is 17.2 Å². The molecule has 0 fully saturated rings. The summed E-state index contributed by atoms with van der Waals surface area (Å²) in [6.45, 7) is 0.718. The van der Waals surface area contributed by atoms with Crippen LogP contribution in [-0.4, -0.2) is 32.1 Å². The van der Waals surface area contributed by atoms with Crippen LogP contribution in [0.25, 0.3) is 6.08 Å². The van der Waals surface area contributed by atoms with E-state index in [1.165, 1.54) is 37.6 Å². The van der Waals surface area contributed by atoms with Crippen molar-refractivity contribution in [3.63, 3.8) is 0 Å². The largest absolute Gasteiger partial charge is 0.493 e. The third kappa shape index (κ3) is 5.57.